The highest BCUT2D eigenvalue weighted by molar-refractivity contribution is 5.98. The van der Waals surface area contributed by atoms with E-state index in [1.807, 2.05) is 0 Å². The molecule has 1 heterocycles. The molecule has 0 aliphatic heterocycles. The lowest BCUT2D eigenvalue weighted by atomic mass is 10.2. The van der Waals surface area contributed by atoms with Gasteiger partial charge in [-0.15, -0.1) is 0 Å². The predicted molar refractivity (Wildman–Crippen MR) is 95.9 cm³/mol. The van der Waals surface area contributed by atoms with E-state index in [-0.39, 0.29) is 17.2 Å². The van der Waals surface area contributed by atoms with Crippen molar-refractivity contribution >= 4 is 29.1 Å². The molecule has 26 heavy (non-hydrogen) atoms. The van der Waals surface area contributed by atoms with E-state index < -0.39 is 23.7 Å². The van der Waals surface area contributed by atoms with E-state index in [9.17, 15) is 14.0 Å². The van der Waals surface area contributed by atoms with Crippen molar-refractivity contribution < 1.29 is 18.7 Å². The number of nitrogens with zero attached hydrogens (tertiary/aromatic N) is 1. The summed E-state index contributed by atoms with van der Waals surface area (Å²) in [7, 11) is 1.51. The number of aromatic nitrogens is 1. The zero-order valence-corrected chi connectivity index (χ0v) is 14.4. The van der Waals surface area contributed by atoms with Gasteiger partial charge in [0.2, 0.25) is 5.91 Å². The Labute approximate surface area is 149 Å². The van der Waals surface area contributed by atoms with Crippen LogP contribution in [0.5, 0.6) is 5.75 Å². The van der Waals surface area contributed by atoms with Crippen LogP contribution in [-0.2, 0) is 4.79 Å². The first kappa shape index (κ1) is 19.0. The van der Waals surface area contributed by atoms with E-state index in [1.165, 1.54) is 7.11 Å². The summed E-state index contributed by atoms with van der Waals surface area (Å²) < 4.78 is 19.4. The highest BCUT2D eigenvalue weighted by Gasteiger charge is 2.20. The number of anilines is 3. The summed E-state index contributed by atoms with van der Waals surface area (Å²) in [6.45, 7) is 1.72. The van der Waals surface area contributed by atoms with E-state index in [1.54, 1.807) is 31.2 Å². The molecular weight excluding hydrogens is 341 g/mol. The molecule has 1 atom stereocenters. The summed E-state index contributed by atoms with van der Waals surface area (Å²) in [6, 6.07) is 7.00. The largest absolute Gasteiger partial charge is 0.497 e. The van der Waals surface area contributed by atoms with Crippen LogP contribution < -0.4 is 26.8 Å². The minimum Gasteiger partial charge on any atom is -0.497 e. The molecule has 2 aromatic rings. The Morgan fingerprint density at radius 3 is 2.58 bits per heavy atom. The fourth-order valence-corrected chi connectivity index (χ4v) is 2.25. The summed E-state index contributed by atoms with van der Waals surface area (Å²) in [5.41, 5.74) is 11.0. The highest BCUT2D eigenvalue weighted by atomic mass is 19.1. The Morgan fingerprint density at radius 1 is 1.27 bits per heavy atom. The number of amides is 2. The van der Waals surface area contributed by atoms with Gasteiger partial charge in [0.1, 0.15) is 17.6 Å². The van der Waals surface area contributed by atoms with Gasteiger partial charge in [-0.05, 0) is 24.6 Å². The molecule has 8 nitrogen and oxygen atoms in total. The molecule has 0 radical (unpaired) electrons. The number of hydrogen-bond acceptors (Lipinski definition) is 6. The van der Waals surface area contributed by atoms with E-state index in [0.717, 1.165) is 6.07 Å². The molecule has 138 valence electrons. The number of hydrogen-bond donors (Lipinski definition) is 4. The van der Waals surface area contributed by atoms with E-state index in [2.05, 4.69) is 15.6 Å². The van der Waals surface area contributed by atoms with Crippen molar-refractivity contribution in [2.75, 3.05) is 17.7 Å². The minimum absolute atomic E-state index is 0.0361. The second kappa shape index (κ2) is 8.15. The van der Waals surface area contributed by atoms with Crippen molar-refractivity contribution in [1.82, 2.24) is 4.98 Å². The van der Waals surface area contributed by atoms with Crippen LogP contribution in [0.25, 0.3) is 0 Å². The summed E-state index contributed by atoms with van der Waals surface area (Å²) in [4.78, 5) is 27.1. The Morgan fingerprint density at radius 2 is 2.00 bits per heavy atom. The molecule has 0 unspecified atom stereocenters. The van der Waals surface area contributed by atoms with Crippen molar-refractivity contribution in [2.24, 2.45) is 11.5 Å². The zero-order chi connectivity index (χ0) is 19.3. The molecule has 0 saturated carbocycles. The van der Waals surface area contributed by atoms with E-state index in [4.69, 9.17) is 16.2 Å². The Bertz CT molecular complexity index is 828. The number of methoxy groups -OCH3 is 1. The number of carbonyl (C=O) groups is 2. The van der Waals surface area contributed by atoms with Crippen LogP contribution in [-0.4, -0.2) is 29.9 Å². The summed E-state index contributed by atoms with van der Waals surface area (Å²) >= 11 is 0. The smallest absolute Gasteiger partial charge is 0.252 e. The fourth-order valence-electron chi connectivity index (χ4n) is 2.25. The number of primary amides is 2. The maximum absolute atomic E-state index is 14.3. The Kier molecular flexibility index (Phi) is 5.94. The molecule has 1 aromatic heterocycles. The van der Waals surface area contributed by atoms with Crippen LogP contribution in [0.2, 0.25) is 0 Å². The topological polar surface area (TPSA) is 132 Å². The van der Waals surface area contributed by atoms with Gasteiger partial charge < -0.3 is 26.8 Å². The van der Waals surface area contributed by atoms with Gasteiger partial charge >= 0.3 is 0 Å². The normalized spacial score (nSPS) is 11.5. The molecule has 6 N–H and O–H groups in total. The van der Waals surface area contributed by atoms with Crippen LogP contribution in [0.4, 0.5) is 21.7 Å². The third kappa shape index (κ3) is 4.38. The van der Waals surface area contributed by atoms with E-state index in [0.29, 0.717) is 17.9 Å². The molecule has 2 rings (SSSR count). The number of pyridine rings is 1. The van der Waals surface area contributed by atoms with Crippen LogP contribution >= 0.6 is 0 Å². The molecular formula is C17H20FN5O3. The van der Waals surface area contributed by atoms with Crippen LogP contribution in [0.3, 0.4) is 0 Å². The number of benzene rings is 1. The van der Waals surface area contributed by atoms with Gasteiger partial charge in [0.05, 0.1) is 12.7 Å². The van der Waals surface area contributed by atoms with Crippen molar-refractivity contribution in [3.63, 3.8) is 0 Å². The number of halogens is 1. The summed E-state index contributed by atoms with van der Waals surface area (Å²) in [6.07, 6.45) is 0.340. The molecule has 9 heteroatoms. The van der Waals surface area contributed by atoms with Crippen molar-refractivity contribution in [2.45, 2.75) is 19.4 Å². The predicted octanol–water partition coefficient (Wildman–Crippen LogP) is 1.75. The average molecular weight is 361 g/mol. The number of nitrogens with one attached hydrogen (secondary N) is 2. The quantitative estimate of drug-likeness (QED) is 0.566. The standard InChI is InChI=1S/C17H20FN5O3/c1-3-13(15(20)25)22-17-12(18)8-11(14(19)24)16(23-17)21-9-5-4-6-10(7-9)26-2/h4-8,13H,3H2,1-2H3,(H2,19,24)(H2,20,25)(H2,21,22,23)/t13-/m1/s1. The number of ether oxygens (including phenoxy) is 1. The van der Waals surface area contributed by atoms with Crippen LogP contribution in [0.1, 0.15) is 23.7 Å². The molecule has 0 saturated heterocycles. The van der Waals surface area contributed by atoms with Gasteiger partial charge in [0.25, 0.3) is 5.91 Å². The molecule has 1 aromatic carbocycles. The van der Waals surface area contributed by atoms with Crippen LogP contribution in [0, 0.1) is 5.82 Å². The minimum atomic E-state index is -0.852. The maximum Gasteiger partial charge on any atom is 0.252 e. The maximum atomic E-state index is 14.3. The van der Waals surface area contributed by atoms with Gasteiger partial charge in [-0.1, -0.05) is 13.0 Å². The SMILES string of the molecule is CC[C@@H](Nc1nc(Nc2cccc(OC)c2)c(C(N)=O)cc1F)C(N)=O. The number of carbonyl (C=O) groups excluding carboxylic acids is 2. The fraction of sp³-hybridized carbons (Fsp3) is 0.235. The molecule has 0 spiro atoms. The number of nitrogens with two attached hydrogens (primary N) is 2. The van der Waals surface area contributed by atoms with E-state index >= 15 is 0 Å². The number of rotatable bonds is 8. The molecule has 2 amide bonds. The molecule has 0 bridgehead atoms. The summed E-state index contributed by atoms with van der Waals surface area (Å²) in [5.74, 6) is -1.92. The van der Waals surface area contributed by atoms with Crippen molar-refractivity contribution in [1.29, 1.82) is 0 Å². The third-order valence-corrected chi connectivity index (χ3v) is 3.64. The molecule has 0 aliphatic rings. The van der Waals surface area contributed by atoms with Crippen LogP contribution in [0.15, 0.2) is 30.3 Å². The first-order valence-electron chi connectivity index (χ1n) is 7.83. The summed E-state index contributed by atoms with van der Waals surface area (Å²) in [5, 5.41) is 5.54. The molecule has 0 fully saturated rings. The lowest BCUT2D eigenvalue weighted by Crippen LogP contribution is -2.35. The van der Waals surface area contributed by atoms with Crippen molar-refractivity contribution in [3.8, 4) is 5.75 Å². The lowest BCUT2D eigenvalue weighted by Gasteiger charge is -2.17. The second-order valence-corrected chi connectivity index (χ2v) is 5.44. The second-order valence-electron chi connectivity index (χ2n) is 5.44. The van der Waals surface area contributed by atoms with Gasteiger partial charge in [-0.25, -0.2) is 9.37 Å². The lowest BCUT2D eigenvalue weighted by molar-refractivity contribution is -0.118. The van der Waals surface area contributed by atoms with Gasteiger partial charge in [0, 0.05) is 11.8 Å². The van der Waals surface area contributed by atoms with Gasteiger partial charge in [-0.3, -0.25) is 9.59 Å². The average Bonchev–Trinajstić information content (AvgIpc) is 2.61. The first-order chi connectivity index (χ1) is 12.3. The highest BCUT2D eigenvalue weighted by Crippen LogP contribution is 2.26. The Balaban J connectivity index is 2.43. The van der Waals surface area contributed by atoms with Crippen molar-refractivity contribution in [3.05, 3.63) is 41.7 Å². The zero-order valence-electron chi connectivity index (χ0n) is 14.4. The monoisotopic (exact) mass is 361 g/mol. The molecule has 0 aliphatic carbocycles. The first-order valence-corrected chi connectivity index (χ1v) is 7.83. The van der Waals surface area contributed by atoms with Gasteiger partial charge in [-0.2, -0.15) is 0 Å². The third-order valence-electron chi connectivity index (χ3n) is 3.64. The Hall–Kier alpha value is -3.36. The van der Waals surface area contributed by atoms with Gasteiger partial charge in [0.15, 0.2) is 11.6 Å².